The van der Waals surface area contributed by atoms with E-state index in [1.807, 2.05) is 18.3 Å². The van der Waals surface area contributed by atoms with E-state index >= 15 is 0 Å². The highest BCUT2D eigenvalue weighted by Crippen LogP contribution is 2.27. The van der Waals surface area contributed by atoms with Gasteiger partial charge in [0.15, 0.2) is 0 Å². The second-order valence-corrected chi connectivity index (χ2v) is 8.36. The van der Waals surface area contributed by atoms with E-state index in [4.69, 9.17) is 5.11 Å². The molecule has 1 aliphatic heterocycles. The number of rotatable bonds is 5. The number of amides is 1. The first-order chi connectivity index (χ1) is 15.2. The summed E-state index contributed by atoms with van der Waals surface area (Å²) in [6.07, 6.45) is 9.83. The third-order valence-corrected chi connectivity index (χ3v) is 6.21. The fourth-order valence-electron chi connectivity index (χ4n) is 4.50. The molecule has 2 heterocycles. The quantitative estimate of drug-likeness (QED) is 0.591. The van der Waals surface area contributed by atoms with Gasteiger partial charge in [-0.3, -0.25) is 9.78 Å². The van der Waals surface area contributed by atoms with Crippen LogP contribution in [0.5, 0.6) is 0 Å². The number of pyridine rings is 1. The van der Waals surface area contributed by atoms with Crippen LogP contribution in [0.15, 0.2) is 30.5 Å². The smallest absolute Gasteiger partial charge is 0.270 e. The van der Waals surface area contributed by atoms with E-state index in [9.17, 15) is 4.79 Å². The van der Waals surface area contributed by atoms with Gasteiger partial charge in [0.2, 0.25) is 0 Å². The first-order valence-corrected chi connectivity index (χ1v) is 11.5. The van der Waals surface area contributed by atoms with Crippen molar-refractivity contribution in [2.45, 2.75) is 64.5 Å². The highest BCUT2D eigenvalue weighted by molar-refractivity contribution is 5.92. The number of hydrogen-bond donors (Lipinski definition) is 4. The second-order valence-electron chi connectivity index (χ2n) is 8.36. The van der Waals surface area contributed by atoms with Crippen LogP contribution in [0.2, 0.25) is 0 Å². The van der Waals surface area contributed by atoms with E-state index in [1.54, 1.807) is 0 Å². The maximum absolute atomic E-state index is 12.4. The molecule has 4 N–H and O–H groups in total. The van der Waals surface area contributed by atoms with E-state index in [-0.39, 0.29) is 5.91 Å². The number of aromatic nitrogens is 1. The van der Waals surface area contributed by atoms with Crippen molar-refractivity contribution in [3.63, 3.8) is 0 Å². The molecule has 1 amide bonds. The fourth-order valence-corrected chi connectivity index (χ4v) is 4.50. The molecule has 6 heteroatoms. The van der Waals surface area contributed by atoms with E-state index in [2.05, 4.69) is 40.0 Å². The molecule has 0 spiro atoms. The summed E-state index contributed by atoms with van der Waals surface area (Å²) in [4.78, 5) is 16.9. The van der Waals surface area contributed by atoms with Crippen molar-refractivity contribution in [3.8, 4) is 0 Å². The van der Waals surface area contributed by atoms with Crippen LogP contribution in [0.1, 0.15) is 64.8 Å². The minimum Gasteiger partial charge on any atom is -0.400 e. The van der Waals surface area contributed by atoms with Gasteiger partial charge < -0.3 is 21.1 Å². The van der Waals surface area contributed by atoms with Gasteiger partial charge in [-0.15, -0.1) is 0 Å². The summed E-state index contributed by atoms with van der Waals surface area (Å²) >= 11 is 0. The molecule has 2 aromatic rings. The topological polar surface area (TPSA) is 86.3 Å². The number of carbonyl (C=O) groups excluding carboxylic acids is 1. The summed E-state index contributed by atoms with van der Waals surface area (Å²) in [5.41, 5.74) is 7.01. The first-order valence-electron chi connectivity index (χ1n) is 11.5. The van der Waals surface area contributed by atoms with E-state index in [0.29, 0.717) is 18.3 Å². The summed E-state index contributed by atoms with van der Waals surface area (Å²) in [5.74, 6) is -0.0480. The molecule has 2 aliphatic rings. The van der Waals surface area contributed by atoms with Crippen LogP contribution in [0.3, 0.4) is 0 Å². The molecule has 1 aromatic heterocycles. The summed E-state index contributed by atoms with van der Waals surface area (Å²) in [5, 5.41) is 17.3. The Bertz CT molecular complexity index is 845. The highest BCUT2D eigenvalue weighted by atomic mass is 16.2. The Morgan fingerprint density at radius 1 is 1.10 bits per heavy atom. The van der Waals surface area contributed by atoms with Crippen LogP contribution in [-0.4, -0.2) is 42.2 Å². The molecular weight excluding hydrogens is 388 g/mol. The minimum absolute atomic E-state index is 0.0480. The molecule has 1 aliphatic carbocycles. The first kappa shape index (κ1) is 23.2. The molecular formula is C25H36N4O2. The Labute approximate surface area is 185 Å². The summed E-state index contributed by atoms with van der Waals surface area (Å²) in [6.45, 7) is 4.95. The largest absolute Gasteiger partial charge is 0.400 e. The Kier molecular flexibility index (Phi) is 8.85. The van der Waals surface area contributed by atoms with Crippen molar-refractivity contribution in [2.75, 3.05) is 25.5 Å². The second kappa shape index (κ2) is 11.8. The molecule has 1 fully saturated rings. The van der Waals surface area contributed by atoms with Crippen molar-refractivity contribution in [1.29, 1.82) is 0 Å². The van der Waals surface area contributed by atoms with E-state index in [1.165, 1.54) is 41.6 Å². The normalized spacial score (nSPS) is 16.4. The predicted molar refractivity (Wildman–Crippen MR) is 126 cm³/mol. The predicted octanol–water partition coefficient (Wildman–Crippen LogP) is 3.36. The zero-order valence-corrected chi connectivity index (χ0v) is 18.8. The number of hydrogen-bond acceptors (Lipinski definition) is 5. The van der Waals surface area contributed by atoms with Crippen molar-refractivity contribution in [3.05, 3.63) is 58.4 Å². The average molecular weight is 425 g/mol. The monoisotopic (exact) mass is 424 g/mol. The molecule has 6 nitrogen and oxygen atoms in total. The van der Waals surface area contributed by atoms with Gasteiger partial charge in [-0.05, 0) is 74.0 Å². The molecule has 1 saturated carbocycles. The lowest BCUT2D eigenvalue weighted by Crippen LogP contribution is -2.36. The Balaban J connectivity index is 0.00000132. The molecule has 0 bridgehead atoms. The zero-order valence-electron chi connectivity index (χ0n) is 18.8. The van der Waals surface area contributed by atoms with Gasteiger partial charge in [0.25, 0.3) is 5.91 Å². The van der Waals surface area contributed by atoms with Gasteiger partial charge in [-0.1, -0.05) is 37.5 Å². The number of benzene rings is 1. The fraction of sp³-hybridized carbons (Fsp3) is 0.520. The SMILES string of the molecule is CO.Cc1ccc2c(c1NCc1ccc(C(=O)NC3CCCCC3)nc1)CCNCC2. The third kappa shape index (κ3) is 6.28. The number of fused-ring (bicyclic) bond motifs is 1. The standard InChI is InChI=1S/C24H32N4O.CH4O/c1-17-7-9-19-11-13-25-14-12-21(19)23(17)27-16-18-8-10-22(26-15-18)24(29)28-20-5-3-2-4-6-20;1-2/h7-10,15,20,25,27H,2-6,11-14,16H2,1H3,(H,28,29);2H,1H3. The van der Waals surface area contributed by atoms with Crippen LogP contribution >= 0.6 is 0 Å². The van der Waals surface area contributed by atoms with Crippen molar-refractivity contribution in [2.24, 2.45) is 0 Å². The summed E-state index contributed by atoms with van der Waals surface area (Å²) in [7, 11) is 1.00. The number of nitrogens with zero attached hydrogens (tertiary/aromatic N) is 1. The van der Waals surface area contributed by atoms with E-state index in [0.717, 1.165) is 51.4 Å². The molecule has 0 radical (unpaired) electrons. The Hall–Kier alpha value is -2.44. The van der Waals surface area contributed by atoms with Crippen LogP contribution in [-0.2, 0) is 19.4 Å². The number of anilines is 1. The number of carbonyl (C=O) groups is 1. The summed E-state index contributed by atoms with van der Waals surface area (Å²) < 4.78 is 0. The lowest BCUT2D eigenvalue weighted by Gasteiger charge is -2.22. The van der Waals surface area contributed by atoms with Gasteiger partial charge in [-0.25, -0.2) is 0 Å². The molecule has 0 unspecified atom stereocenters. The zero-order chi connectivity index (χ0) is 22.1. The van der Waals surface area contributed by atoms with Gasteiger partial charge in [-0.2, -0.15) is 0 Å². The lowest BCUT2D eigenvalue weighted by molar-refractivity contribution is 0.0922. The molecule has 1 aromatic carbocycles. The van der Waals surface area contributed by atoms with Crippen LogP contribution in [0.25, 0.3) is 0 Å². The lowest BCUT2D eigenvalue weighted by atomic mass is 9.95. The molecule has 31 heavy (non-hydrogen) atoms. The van der Waals surface area contributed by atoms with Crippen LogP contribution in [0.4, 0.5) is 5.69 Å². The Morgan fingerprint density at radius 2 is 1.87 bits per heavy atom. The minimum atomic E-state index is -0.0480. The van der Waals surface area contributed by atoms with Crippen LogP contribution < -0.4 is 16.0 Å². The molecule has 168 valence electrons. The highest BCUT2D eigenvalue weighted by Gasteiger charge is 2.17. The average Bonchev–Trinajstić information content (AvgIpc) is 3.06. The van der Waals surface area contributed by atoms with Crippen molar-refractivity contribution >= 4 is 11.6 Å². The third-order valence-electron chi connectivity index (χ3n) is 6.21. The van der Waals surface area contributed by atoms with Crippen LogP contribution in [0, 0.1) is 6.92 Å². The molecule has 0 atom stereocenters. The van der Waals surface area contributed by atoms with Gasteiger partial charge in [0.05, 0.1) is 0 Å². The summed E-state index contributed by atoms with van der Waals surface area (Å²) in [6, 6.07) is 8.64. The van der Waals surface area contributed by atoms with Crippen molar-refractivity contribution < 1.29 is 9.90 Å². The Morgan fingerprint density at radius 3 is 2.61 bits per heavy atom. The maximum Gasteiger partial charge on any atom is 0.270 e. The number of aryl methyl sites for hydroxylation is 1. The number of nitrogens with one attached hydrogen (secondary N) is 3. The van der Waals surface area contributed by atoms with E-state index < -0.39 is 0 Å². The van der Waals surface area contributed by atoms with Gasteiger partial charge >= 0.3 is 0 Å². The molecule has 4 rings (SSSR count). The van der Waals surface area contributed by atoms with Crippen molar-refractivity contribution in [1.82, 2.24) is 15.6 Å². The van der Waals surface area contributed by atoms with Gasteiger partial charge in [0, 0.05) is 31.6 Å². The maximum atomic E-state index is 12.4. The van der Waals surface area contributed by atoms with Gasteiger partial charge in [0.1, 0.15) is 5.69 Å². The number of aliphatic hydroxyl groups excluding tert-OH is 1. The number of aliphatic hydroxyl groups is 1. The molecule has 0 saturated heterocycles.